The molecule has 0 fully saturated rings. The third kappa shape index (κ3) is 2.57. The molecule has 4 aromatic rings. The van der Waals surface area contributed by atoms with Crippen molar-refractivity contribution in [1.29, 1.82) is 0 Å². The number of nitrogens with zero attached hydrogens (tertiary/aromatic N) is 3. The standard InChI is InChI=1S/C19H14ClN3O5/c1-22-17-14(18(26)23(2)19(22)27)13(9-3-5-10(20)6-4-9)16-15(21-17)12(25)7-11(8-24)28-16/h3-7,24H,8H2,1-2H3. The molecule has 3 aromatic heterocycles. The maximum atomic E-state index is 13.0. The summed E-state index contributed by atoms with van der Waals surface area (Å²) in [4.78, 5) is 42.1. The van der Waals surface area contributed by atoms with Crippen molar-refractivity contribution < 1.29 is 9.52 Å². The maximum absolute atomic E-state index is 13.0. The Labute approximate surface area is 161 Å². The van der Waals surface area contributed by atoms with Crippen molar-refractivity contribution in [3.8, 4) is 11.1 Å². The topological polar surface area (TPSA) is 107 Å². The van der Waals surface area contributed by atoms with E-state index in [0.717, 1.165) is 10.6 Å². The average Bonchev–Trinajstić information content (AvgIpc) is 2.70. The van der Waals surface area contributed by atoms with Gasteiger partial charge < -0.3 is 9.52 Å². The zero-order valence-electron chi connectivity index (χ0n) is 14.9. The van der Waals surface area contributed by atoms with Gasteiger partial charge in [0.05, 0.1) is 5.39 Å². The van der Waals surface area contributed by atoms with E-state index in [0.29, 0.717) is 16.1 Å². The first-order valence-electron chi connectivity index (χ1n) is 8.26. The third-order valence-electron chi connectivity index (χ3n) is 4.59. The average molecular weight is 400 g/mol. The molecule has 8 nitrogen and oxygen atoms in total. The van der Waals surface area contributed by atoms with Crippen LogP contribution < -0.4 is 16.7 Å². The fraction of sp³-hybridized carbons (Fsp3) is 0.158. The van der Waals surface area contributed by atoms with Crippen LogP contribution in [0, 0.1) is 0 Å². The summed E-state index contributed by atoms with van der Waals surface area (Å²) < 4.78 is 7.86. The minimum atomic E-state index is -0.575. The van der Waals surface area contributed by atoms with E-state index < -0.39 is 23.3 Å². The van der Waals surface area contributed by atoms with Crippen molar-refractivity contribution in [2.24, 2.45) is 14.1 Å². The summed E-state index contributed by atoms with van der Waals surface area (Å²) in [7, 11) is 2.83. The van der Waals surface area contributed by atoms with Gasteiger partial charge in [-0.2, -0.15) is 0 Å². The number of pyridine rings is 1. The van der Waals surface area contributed by atoms with E-state index in [1.807, 2.05) is 0 Å². The highest BCUT2D eigenvalue weighted by Gasteiger charge is 2.22. The second-order valence-electron chi connectivity index (χ2n) is 6.31. The minimum absolute atomic E-state index is 0.0375. The summed E-state index contributed by atoms with van der Waals surface area (Å²) in [5.41, 5.74) is -0.696. The number of fused-ring (bicyclic) bond motifs is 2. The highest BCUT2D eigenvalue weighted by atomic mass is 35.5. The van der Waals surface area contributed by atoms with Gasteiger partial charge in [-0.25, -0.2) is 9.78 Å². The Morgan fingerprint density at radius 2 is 1.79 bits per heavy atom. The monoisotopic (exact) mass is 399 g/mol. The molecule has 0 unspecified atom stereocenters. The molecule has 0 atom stereocenters. The lowest BCUT2D eigenvalue weighted by Gasteiger charge is -2.13. The first-order valence-corrected chi connectivity index (χ1v) is 8.64. The van der Waals surface area contributed by atoms with Gasteiger partial charge in [0.1, 0.15) is 12.4 Å². The Morgan fingerprint density at radius 1 is 1.11 bits per heavy atom. The summed E-state index contributed by atoms with van der Waals surface area (Å²) in [6, 6.07) is 7.75. The van der Waals surface area contributed by atoms with Gasteiger partial charge >= 0.3 is 5.69 Å². The van der Waals surface area contributed by atoms with Crippen molar-refractivity contribution in [1.82, 2.24) is 14.1 Å². The van der Waals surface area contributed by atoms with Crippen LogP contribution in [0.1, 0.15) is 5.76 Å². The van der Waals surface area contributed by atoms with Crippen LogP contribution in [0.25, 0.3) is 33.3 Å². The number of benzene rings is 1. The van der Waals surface area contributed by atoms with Gasteiger partial charge in [0, 0.05) is 30.7 Å². The second kappa shape index (κ2) is 6.43. The van der Waals surface area contributed by atoms with Crippen LogP contribution in [0.2, 0.25) is 5.02 Å². The second-order valence-corrected chi connectivity index (χ2v) is 6.75. The lowest BCUT2D eigenvalue weighted by Crippen LogP contribution is -2.37. The number of aliphatic hydroxyl groups excluding tert-OH is 1. The Kier molecular flexibility index (Phi) is 4.17. The summed E-state index contributed by atoms with van der Waals surface area (Å²) in [6.45, 7) is -0.492. The molecule has 3 heterocycles. The Morgan fingerprint density at radius 3 is 2.43 bits per heavy atom. The molecule has 1 N–H and O–H groups in total. The van der Waals surface area contributed by atoms with Gasteiger partial charge in [0.15, 0.2) is 16.7 Å². The quantitative estimate of drug-likeness (QED) is 0.512. The molecule has 0 radical (unpaired) electrons. The van der Waals surface area contributed by atoms with Gasteiger partial charge in [0.25, 0.3) is 5.56 Å². The zero-order chi connectivity index (χ0) is 20.2. The van der Waals surface area contributed by atoms with Gasteiger partial charge in [-0.1, -0.05) is 23.7 Å². The predicted molar refractivity (Wildman–Crippen MR) is 105 cm³/mol. The summed E-state index contributed by atoms with van der Waals surface area (Å²) in [5.74, 6) is 0.0375. The number of aliphatic hydroxyl groups is 1. The fourth-order valence-corrected chi connectivity index (χ4v) is 3.31. The van der Waals surface area contributed by atoms with Gasteiger partial charge in [-0.05, 0) is 17.7 Å². The van der Waals surface area contributed by atoms with Crippen molar-refractivity contribution in [2.75, 3.05) is 0 Å². The molecular formula is C19H14ClN3O5. The van der Waals surface area contributed by atoms with Crippen LogP contribution >= 0.6 is 11.6 Å². The summed E-state index contributed by atoms with van der Waals surface area (Å²) >= 11 is 5.98. The summed E-state index contributed by atoms with van der Waals surface area (Å²) in [5, 5.41) is 10.0. The molecule has 0 amide bonds. The first kappa shape index (κ1) is 18.1. The van der Waals surface area contributed by atoms with E-state index >= 15 is 0 Å². The Bertz CT molecular complexity index is 1430. The molecule has 0 saturated heterocycles. The van der Waals surface area contributed by atoms with Gasteiger partial charge in [0.2, 0.25) is 5.43 Å². The van der Waals surface area contributed by atoms with E-state index in [9.17, 15) is 19.5 Å². The molecule has 0 spiro atoms. The number of halogens is 1. The highest BCUT2D eigenvalue weighted by Crippen LogP contribution is 2.32. The van der Waals surface area contributed by atoms with Crippen LogP contribution in [0.5, 0.6) is 0 Å². The minimum Gasteiger partial charge on any atom is -0.456 e. The molecule has 0 aliphatic rings. The van der Waals surface area contributed by atoms with E-state index in [1.165, 1.54) is 18.7 Å². The summed E-state index contributed by atoms with van der Waals surface area (Å²) in [6.07, 6.45) is 0. The van der Waals surface area contributed by atoms with E-state index in [2.05, 4.69) is 4.98 Å². The molecule has 9 heteroatoms. The highest BCUT2D eigenvalue weighted by molar-refractivity contribution is 6.30. The van der Waals surface area contributed by atoms with Crippen LogP contribution in [0.15, 0.2) is 49.1 Å². The lowest BCUT2D eigenvalue weighted by atomic mass is 10.0. The number of hydrogen-bond donors (Lipinski definition) is 1. The molecule has 0 saturated carbocycles. The van der Waals surface area contributed by atoms with E-state index in [1.54, 1.807) is 24.3 Å². The Hall–Kier alpha value is -3.23. The van der Waals surface area contributed by atoms with Crippen LogP contribution in [-0.2, 0) is 20.7 Å². The smallest absolute Gasteiger partial charge is 0.332 e. The lowest BCUT2D eigenvalue weighted by molar-refractivity contribution is 0.249. The fourth-order valence-electron chi connectivity index (χ4n) is 3.18. The molecule has 1 aromatic carbocycles. The number of hydrogen-bond acceptors (Lipinski definition) is 6. The van der Waals surface area contributed by atoms with Gasteiger partial charge in [-0.3, -0.25) is 18.7 Å². The van der Waals surface area contributed by atoms with E-state index in [-0.39, 0.29) is 27.9 Å². The molecule has 4 rings (SSSR count). The largest absolute Gasteiger partial charge is 0.456 e. The number of rotatable bonds is 2. The number of aromatic nitrogens is 3. The number of aryl methyl sites for hydroxylation is 1. The van der Waals surface area contributed by atoms with Crippen LogP contribution in [0.3, 0.4) is 0 Å². The molecule has 142 valence electrons. The van der Waals surface area contributed by atoms with Crippen LogP contribution in [-0.4, -0.2) is 19.2 Å². The zero-order valence-corrected chi connectivity index (χ0v) is 15.6. The van der Waals surface area contributed by atoms with Crippen molar-refractivity contribution in [2.45, 2.75) is 6.61 Å². The molecule has 0 bridgehead atoms. The first-order chi connectivity index (χ1) is 13.3. The predicted octanol–water partition coefficient (Wildman–Crippen LogP) is 1.55. The van der Waals surface area contributed by atoms with Crippen molar-refractivity contribution >= 4 is 33.7 Å². The molecule has 28 heavy (non-hydrogen) atoms. The molecular weight excluding hydrogens is 386 g/mol. The third-order valence-corrected chi connectivity index (χ3v) is 4.84. The van der Waals surface area contributed by atoms with Crippen molar-refractivity contribution in [3.05, 3.63) is 72.2 Å². The maximum Gasteiger partial charge on any atom is 0.332 e. The Balaban J connectivity index is 2.38. The van der Waals surface area contributed by atoms with E-state index in [4.69, 9.17) is 16.0 Å². The molecule has 0 aliphatic heterocycles. The van der Waals surface area contributed by atoms with Crippen LogP contribution in [0.4, 0.5) is 0 Å². The van der Waals surface area contributed by atoms with Crippen molar-refractivity contribution in [3.63, 3.8) is 0 Å². The normalized spacial score (nSPS) is 11.4. The van der Waals surface area contributed by atoms with Gasteiger partial charge in [-0.15, -0.1) is 0 Å². The molecule has 0 aliphatic carbocycles. The SMILES string of the molecule is Cn1c(=O)c2c(-c3ccc(Cl)cc3)c3oc(CO)cc(=O)c3nc2n(C)c1=O.